The molecule has 22 heavy (non-hydrogen) atoms. The van der Waals surface area contributed by atoms with Crippen molar-refractivity contribution in [2.75, 3.05) is 5.32 Å². The lowest BCUT2D eigenvalue weighted by Crippen LogP contribution is -2.10. The van der Waals surface area contributed by atoms with E-state index in [2.05, 4.69) is 15.3 Å². The summed E-state index contributed by atoms with van der Waals surface area (Å²) in [5.41, 5.74) is 8.38. The first kappa shape index (κ1) is 13.8. The Balaban J connectivity index is 1.82. The van der Waals surface area contributed by atoms with Crippen LogP contribution in [0.3, 0.4) is 0 Å². The summed E-state index contributed by atoms with van der Waals surface area (Å²) in [7, 11) is 0. The van der Waals surface area contributed by atoms with Gasteiger partial charge < -0.3 is 11.1 Å². The van der Waals surface area contributed by atoms with Crippen molar-refractivity contribution in [3.63, 3.8) is 0 Å². The van der Waals surface area contributed by atoms with Gasteiger partial charge in [0.05, 0.1) is 5.69 Å². The molecular weight excluding hydrogens is 276 g/mol. The number of primary amides is 1. The number of anilines is 2. The summed E-state index contributed by atoms with van der Waals surface area (Å²) in [6, 6.07) is 18.7. The lowest BCUT2D eigenvalue weighted by atomic mass is 10.1. The van der Waals surface area contributed by atoms with Gasteiger partial charge in [0.2, 0.25) is 5.91 Å². The fraction of sp³-hybridized carbons (Fsp3) is 0. The standard InChI is InChI=1S/C17H14N4O/c18-17(22)13-6-8-14(9-7-13)21-16-10-15(19-11-20-16)12-4-2-1-3-5-12/h1-11H,(H2,18,22)(H,19,20,21). The molecule has 3 rings (SSSR count). The molecule has 0 saturated carbocycles. The van der Waals surface area contributed by atoms with Crippen LogP contribution in [0, 0.1) is 0 Å². The van der Waals surface area contributed by atoms with Crippen molar-refractivity contribution in [2.45, 2.75) is 0 Å². The van der Waals surface area contributed by atoms with E-state index >= 15 is 0 Å². The largest absolute Gasteiger partial charge is 0.366 e. The predicted octanol–water partition coefficient (Wildman–Crippen LogP) is 2.99. The van der Waals surface area contributed by atoms with Gasteiger partial charge in [-0.25, -0.2) is 9.97 Å². The highest BCUT2D eigenvalue weighted by Gasteiger charge is 2.03. The zero-order valence-electron chi connectivity index (χ0n) is 11.7. The average molecular weight is 290 g/mol. The van der Waals surface area contributed by atoms with Crippen molar-refractivity contribution >= 4 is 17.4 Å². The van der Waals surface area contributed by atoms with Crippen LogP contribution in [0.25, 0.3) is 11.3 Å². The Morgan fingerprint density at radius 2 is 1.68 bits per heavy atom. The van der Waals surface area contributed by atoms with Crippen LogP contribution < -0.4 is 11.1 Å². The van der Waals surface area contributed by atoms with E-state index in [0.29, 0.717) is 11.4 Å². The normalized spacial score (nSPS) is 10.2. The highest BCUT2D eigenvalue weighted by molar-refractivity contribution is 5.93. The number of benzene rings is 2. The van der Waals surface area contributed by atoms with Crippen LogP contribution in [0.15, 0.2) is 67.0 Å². The fourth-order valence-corrected chi connectivity index (χ4v) is 2.06. The highest BCUT2D eigenvalue weighted by atomic mass is 16.1. The van der Waals surface area contributed by atoms with Crippen LogP contribution in [0.1, 0.15) is 10.4 Å². The molecule has 0 bridgehead atoms. The molecule has 0 saturated heterocycles. The molecule has 1 aromatic heterocycles. The second kappa shape index (κ2) is 6.05. The summed E-state index contributed by atoms with van der Waals surface area (Å²) in [5.74, 6) is 0.237. The van der Waals surface area contributed by atoms with Gasteiger partial charge in [-0.1, -0.05) is 30.3 Å². The van der Waals surface area contributed by atoms with Gasteiger partial charge in [-0.15, -0.1) is 0 Å². The first-order valence-electron chi connectivity index (χ1n) is 6.77. The maximum Gasteiger partial charge on any atom is 0.248 e. The molecule has 3 N–H and O–H groups in total. The van der Waals surface area contributed by atoms with Crippen molar-refractivity contribution < 1.29 is 4.79 Å². The van der Waals surface area contributed by atoms with Gasteiger partial charge in [0.25, 0.3) is 0 Å². The van der Waals surface area contributed by atoms with Gasteiger partial charge in [-0.2, -0.15) is 0 Å². The van der Waals surface area contributed by atoms with Crippen LogP contribution >= 0.6 is 0 Å². The molecule has 2 aromatic carbocycles. The molecule has 1 heterocycles. The van der Waals surface area contributed by atoms with Crippen LogP contribution in [-0.2, 0) is 0 Å². The van der Waals surface area contributed by atoms with Crippen LogP contribution in [-0.4, -0.2) is 15.9 Å². The molecule has 0 spiro atoms. The summed E-state index contributed by atoms with van der Waals surface area (Å²) in [4.78, 5) is 19.5. The first-order valence-corrected chi connectivity index (χ1v) is 6.77. The summed E-state index contributed by atoms with van der Waals surface area (Å²) >= 11 is 0. The number of nitrogens with one attached hydrogen (secondary N) is 1. The van der Waals surface area contributed by atoms with Crippen molar-refractivity contribution in [1.82, 2.24) is 9.97 Å². The summed E-state index contributed by atoms with van der Waals surface area (Å²) in [6.45, 7) is 0. The van der Waals surface area contributed by atoms with Gasteiger partial charge >= 0.3 is 0 Å². The SMILES string of the molecule is NC(=O)c1ccc(Nc2cc(-c3ccccc3)ncn2)cc1. The maximum atomic E-state index is 11.1. The van der Waals surface area contributed by atoms with Crippen LogP contribution in [0.4, 0.5) is 11.5 Å². The van der Waals surface area contributed by atoms with Crippen LogP contribution in [0.5, 0.6) is 0 Å². The quantitative estimate of drug-likeness (QED) is 0.774. The van der Waals surface area contributed by atoms with Crippen molar-refractivity contribution in [3.05, 3.63) is 72.6 Å². The average Bonchev–Trinajstić information content (AvgIpc) is 2.56. The monoisotopic (exact) mass is 290 g/mol. The van der Waals surface area contributed by atoms with Gasteiger partial charge in [0.1, 0.15) is 12.1 Å². The van der Waals surface area contributed by atoms with Gasteiger partial charge in [-0.3, -0.25) is 4.79 Å². The Kier molecular flexibility index (Phi) is 3.78. The molecule has 5 nitrogen and oxygen atoms in total. The molecule has 0 aliphatic rings. The minimum Gasteiger partial charge on any atom is -0.366 e. The number of nitrogens with zero attached hydrogens (tertiary/aromatic N) is 2. The lowest BCUT2D eigenvalue weighted by molar-refractivity contribution is 0.100. The van der Waals surface area contributed by atoms with Gasteiger partial charge in [-0.05, 0) is 24.3 Å². The van der Waals surface area contributed by atoms with E-state index in [1.165, 1.54) is 6.33 Å². The van der Waals surface area contributed by atoms with E-state index in [9.17, 15) is 4.79 Å². The molecule has 0 radical (unpaired) electrons. The van der Waals surface area contributed by atoms with E-state index < -0.39 is 5.91 Å². The third-order valence-electron chi connectivity index (χ3n) is 3.18. The molecule has 3 aromatic rings. The van der Waals surface area contributed by atoms with Gasteiger partial charge in [0, 0.05) is 22.9 Å². The summed E-state index contributed by atoms with van der Waals surface area (Å²) in [6.07, 6.45) is 1.52. The number of nitrogens with two attached hydrogens (primary N) is 1. The molecule has 108 valence electrons. The Morgan fingerprint density at radius 1 is 0.955 bits per heavy atom. The fourth-order valence-electron chi connectivity index (χ4n) is 2.06. The van der Waals surface area contributed by atoms with Crippen molar-refractivity contribution in [3.8, 4) is 11.3 Å². The molecule has 0 aliphatic carbocycles. The molecule has 1 amide bonds. The van der Waals surface area contributed by atoms with Gasteiger partial charge in [0.15, 0.2) is 0 Å². The van der Waals surface area contributed by atoms with E-state index in [1.807, 2.05) is 36.4 Å². The lowest BCUT2D eigenvalue weighted by Gasteiger charge is -2.07. The van der Waals surface area contributed by atoms with E-state index in [0.717, 1.165) is 16.9 Å². The first-order chi connectivity index (χ1) is 10.7. The van der Waals surface area contributed by atoms with E-state index in [4.69, 9.17) is 5.73 Å². The Labute approximate surface area is 127 Å². The maximum absolute atomic E-state index is 11.1. The van der Waals surface area contributed by atoms with Crippen molar-refractivity contribution in [2.24, 2.45) is 5.73 Å². The molecule has 0 fully saturated rings. The van der Waals surface area contributed by atoms with E-state index in [-0.39, 0.29) is 0 Å². The second-order valence-electron chi connectivity index (χ2n) is 4.72. The molecule has 0 aliphatic heterocycles. The number of rotatable bonds is 4. The molecule has 0 unspecified atom stereocenters. The third-order valence-corrected chi connectivity index (χ3v) is 3.18. The molecular formula is C17H14N4O. The predicted molar refractivity (Wildman–Crippen MR) is 85.7 cm³/mol. The second-order valence-corrected chi connectivity index (χ2v) is 4.72. The summed E-state index contributed by atoms with van der Waals surface area (Å²) < 4.78 is 0. The van der Waals surface area contributed by atoms with E-state index in [1.54, 1.807) is 24.3 Å². The molecule has 0 atom stereocenters. The minimum atomic E-state index is -0.444. The molecule has 5 heteroatoms. The number of amides is 1. The minimum absolute atomic E-state index is 0.444. The third kappa shape index (κ3) is 3.09. The van der Waals surface area contributed by atoms with Crippen LogP contribution in [0.2, 0.25) is 0 Å². The van der Waals surface area contributed by atoms with Crippen molar-refractivity contribution in [1.29, 1.82) is 0 Å². The summed E-state index contributed by atoms with van der Waals surface area (Å²) in [5, 5.41) is 3.18. The number of carbonyl (C=O) groups is 1. The number of hydrogen-bond donors (Lipinski definition) is 2. The highest BCUT2D eigenvalue weighted by Crippen LogP contribution is 2.20. The Hall–Kier alpha value is -3.21. The smallest absolute Gasteiger partial charge is 0.248 e. The number of hydrogen-bond acceptors (Lipinski definition) is 4. The number of carbonyl (C=O) groups excluding carboxylic acids is 1. The zero-order valence-corrected chi connectivity index (χ0v) is 11.7. The topological polar surface area (TPSA) is 80.9 Å². The Morgan fingerprint density at radius 3 is 2.36 bits per heavy atom. The zero-order chi connectivity index (χ0) is 15.4. The number of aromatic nitrogens is 2. The Bertz CT molecular complexity index is 785.